The minimum atomic E-state index is -0.913. The fraction of sp³-hybridized carbons (Fsp3) is 0.0556. The summed E-state index contributed by atoms with van der Waals surface area (Å²) in [5, 5.41) is 6.67. The highest BCUT2D eigenvalue weighted by Gasteiger charge is 2.15. The molecule has 0 aliphatic rings. The third kappa shape index (κ3) is 5.74. The molecule has 0 unspecified atom stereocenters. The van der Waals surface area contributed by atoms with E-state index in [2.05, 4.69) is 15.8 Å². The predicted octanol–water partition coefficient (Wildman–Crippen LogP) is 4.14. The monoisotopic (exact) mass is 375 g/mol. The van der Waals surface area contributed by atoms with E-state index in [-0.39, 0.29) is 15.7 Å². The van der Waals surface area contributed by atoms with Crippen LogP contribution in [0.4, 0.5) is 5.69 Å². The van der Waals surface area contributed by atoms with Crippen molar-refractivity contribution >= 4 is 52.5 Å². The highest BCUT2D eigenvalue weighted by Crippen LogP contribution is 2.29. The maximum Gasteiger partial charge on any atom is 0.329 e. The third-order valence-electron chi connectivity index (χ3n) is 3.06. The van der Waals surface area contributed by atoms with E-state index < -0.39 is 11.8 Å². The molecule has 7 heteroatoms. The second kappa shape index (κ2) is 9.01. The van der Waals surface area contributed by atoms with Gasteiger partial charge in [-0.3, -0.25) is 9.59 Å². The first-order valence-corrected chi connectivity index (χ1v) is 8.05. The van der Waals surface area contributed by atoms with Gasteiger partial charge in [-0.2, -0.15) is 5.10 Å². The van der Waals surface area contributed by atoms with Gasteiger partial charge in [0.1, 0.15) is 0 Å². The number of hydrogen-bond acceptors (Lipinski definition) is 3. The molecule has 2 aromatic rings. The Hall–Kier alpha value is -2.63. The molecule has 0 spiro atoms. The Morgan fingerprint density at radius 1 is 1.00 bits per heavy atom. The van der Waals surface area contributed by atoms with Crippen molar-refractivity contribution in [1.82, 2.24) is 5.43 Å². The first kappa shape index (κ1) is 18.7. The van der Waals surface area contributed by atoms with E-state index in [1.807, 2.05) is 36.4 Å². The van der Waals surface area contributed by atoms with Crippen LogP contribution < -0.4 is 10.7 Å². The molecule has 0 saturated carbocycles. The van der Waals surface area contributed by atoms with Crippen LogP contribution in [0.5, 0.6) is 0 Å². The van der Waals surface area contributed by atoms with Crippen LogP contribution in [0.3, 0.4) is 0 Å². The number of rotatable bonds is 4. The number of amides is 2. The number of carbonyl (C=O) groups is 2. The zero-order valence-corrected chi connectivity index (χ0v) is 14.8. The van der Waals surface area contributed by atoms with Crippen LogP contribution in [0.25, 0.3) is 6.08 Å². The largest absolute Gasteiger partial charge is 0.329 e. The summed E-state index contributed by atoms with van der Waals surface area (Å²) in [6.45, 7) is 1.70. The van der Waals surface area contributed by atoms with Gasteiger partial charge < -0.3 is 5.32 Å². The van der Waals surface area contributed by atoms with Crippen molar-refractivity contribution in [1.29, 1.82) is 0 Å². The number of halogens is 2. The van der Waals surface area contributed by atoms with Crippen LogP contribution in [-0.4, -0.2) is 17.5 Å². The zero-order valence-electron chi connectivity index (χ0n) is 13.3. The normalized spacial score (nSPS) is 11.4. The average Bonchev–Trinajstić information content (AvgIpc) is 2.62. The Kier molecular flexibility index (Phi) is 6.74. The van der Waals surface area contributed by atoms with E-state index in [0.717, 1.165) is 5.56 Å². The quantitative estimate of drug-likeness (QED) is 0.478. The fourth-order valence-electron chi connectivity index (χ4n) is 1.79. The number of benzene rings is 2. The molecule has 0 saturated heterocycles. The number of allylic oxidation sites excluding steroid dienone is 1. The van der Waals surface area contributed by atoms with E-state index >= 15 is 0 Å². The summed E-state index contributed by atoms with van der Waals surface area (Å²) < 4.78 is 0. The van der Waals surface area contributed by atoms with Gasteiger partial charge in [0.15, 0.2) is 0 Å². The van der Waals surface area contributed by atoms with Crippen LogP contribution in [0.15, 0.2) is 59.7 Å². The minimum absolute atomic E-state index is 0.163. The molecule has 25 heavy (non-hydrogen) atoms. The summed E-state index contributed by atoms with van der Waals surface area (Å²) in [6, 6.07) is 14.3. The van der Waals surface area contributed by atoms with Crippen LogP contribution in [0.1, 0.15) is 12.5 Å². The van der Waals surface area contributed by atoms with Crippen molar-refractivity contribution in [3.05, 3.63) is 70.2 Å². The lowest BCUT2D eigenvalue weighted by Crippen LogP contribution is -2.32. The highest BCUT2D eigenvalue weighted by molar-refractivity contribution is 6.45. The van der Waals surface area contributed by atoms with Crippen molar-refractivity contribution in [2.45, 2.75) is 6.92 Å². The Labute approximate surface area is 155 Å². The van der Waals surface area contributed by atoms with E-state index in [0.29, 0.717) is 5.71 Å². The number of nitrogens with zero attached hydrogens (tertiary/aromatic N) is 1. The number of hydrazone groups is 1. The van der Waals surface area contributed by atoms with Crippen LogP contribution in [0, 0.1) is 0 Å². The van der Waals surface area contributed by atoms with Crippen molar-refractivity contribution in [3.63, 3.8) is 0 Å². The standard InChI is InChI=1S/C18H15Cl2N3O2/c1-12(10-11-13-6-3-2-4-7-13)22-23-18(25)17(24)21-15-9-5-8-14(19)16(15)20/h2-11H,1H3,(H,21,24)(H,23,25)/b11-10+,22-12+. The molecule has 2 amide bonds. The molecule has 2 rings (SSSR count). The van der Waals surface area contributed by atoms with Gasteiger partial charge in [0.05, 0.1) is 21.4 Å². The van der Waals surface area contributed by atoms with Crippen molar-refractivity contribution in [2.75, 3.05) is 5.32 Å². The summed E-state index contributed by atoms with van der Waals surface area (Å²) >= 11 is 11.8. The lowest BCUT2D eigenvalue weighted by atomic mass is 10.2. The van der Waals surface area contributed by atoms with Gasteiger partial charge in [0.25, 0.3) is 0 Å². The van der Waals surface area contributed by atoms with Gasteiger partial charge in [0.2, 0.25) is 0 Å². The van der Waals surface area contributed by atoms with E-state index in [1.165, 1.54) is 6.07 Å². The number of hydrogen-bond donors (Lipinski definition) is 2. The maximum absolute atomic E-state index is 11.9. The SMILES string of the molecule is CC(/C=C/c1ccccc1)=N\NC(=O)C(=O)Nc1cccc(Cl)c1Cl. The van der Waals surface area contributed by atoms with Crippen molar-refractivity contribution in [2.24, 2.45) is 5.10 Å². The molecule has 0 aromatic heterocycles. The zero-order chi connectivity index (χ0) is 18.2. The molecule has 128 valence electrons. The Bertz CT molecular complexity index is 833. The van der Waals surface area contributed by atoms with Gasteiger partial charge in [-0.05, 0) is 30.7 Å². The molecule has 0 atom stereocenters. The summed E-state index contributed by atoms with van der Waals surface area (Å²) in [5.74, 6) is -1.81. The number of anilines is 1. The third-order valence-corrected chi connectivity index (χ3v) is 3.88. The van der Waals surface area contributed by atoms with Gasteiger partial charge in [0, 0.05) is 0 Å². The summed E-state index contributed by atoms with van der Waals surface area (Å²) in [6.07, 6.45) is 3.57. The molecular weight excluding hydrogens is 361 g/mol. The van der Waals surface area contributed by atoms with Crippen molar-refractivity contribution in [3.8, 4) is 0 Å². The molecule has 5 nitrogen and oxygen atoms in total. The molecule has 0 fully saturated rings. The number of carbonyl (C=O) groups excluding carboxylic acids is 2. The first-order chi connectivity index (χ1) is 12.0. The summed E-state index contributed by atoms with van der Waals surface area (Å²) in [7, 11) is 0. The molecule has 0 aliphatic heterocycles. The Morgan fingerprint density at radius 3 is 2.44 bits per heavy atom. The second-order valence-electron chi connectivity index (χ2n) is 4.99. The second-order valence-corrected chi connectivity index (χ2v) is 5.78. The molecule has 2 aromatic carbocycles. The molecular formula is C18H15Cl2N3O2. The van der Waals surface area contributed by atoms with Gasteiger partial charge >= 0.3 is 11.8 Å². The predicted molar refractivity (Wildman–Crippen MR) is 102 cm³/mol. The minimum Gasteiger partial charge on any atom is -0.316 e. The van der Waals surface area contributed by atoms with Crippen LogP contribution in [-0.2, 0) is 9.59 Å². The molecule has 2 N–H and O–H groups in total. The fourth-order valence-corrected chi connectivity index (χ4v) is 2.14. The van der Waals surface area contributed by atoms with Crippen LogP contribution in [0.2, 0.25) is 10.0 Å². The van der Waals surface area contributed by atoms with Crippen LogP contribution >= 0.6 is 23.2 Å². The van der Waals surface area contributed by atoms with Gasteiger partial charge in [-0.15, -0.1) is 0 Å². The average molecular weight is 376 g/mol. The lowest BCUT2D eigenvalue weighted by Gasteiger charge is -2.07. The maximum atomic E-state index is 11.9. The highest BCUT2D eigenvalue weighted by atomic mass is 35.5. The smallest absolute Gasteiger partial charge is 0.316 e. The number of nitrogens with one attached hydrogen (secondary N) is 2. The lowest BCUT2D eigenvalue weighted by molar-refractivity contribution is -0.136. The molecule has 0 heterocycles. The van der Waals surface area contributed by atoms with E-state index in [1.54, 1.807) is 25.1 Å². The van der Waals surface area contributed by atoms with Gasteiger partial charge in [-0.1, -0.05) is 65.7 Å². The molecule has 0 bridgehead atoms. The summed E-state index contributed by atoms with van der Waals surface area (Å²) in [5.41, 5.74) is 3.96. The Balaban J connectivity index is 1.93. The first-order valence-electron chi connectivity index (χ1n) is 7.30. The van der Waals surface area contributed by atoms with E-state index in [9.17, 15) is 9.59 Å². The summed E-state index contributed by atoms with van der Waals surface area (Å²) in [4.78, 5) is 23.6. The van der Waals surface area contributed by atoms with Gasteiger partial charge in [-0.25, -0.2) is 5.43 Å². The van der Waals surface area contributed by atoms with E-state index in [4.69, 9.17) is 23.2 Å². The Morgan fingerprint density at radius 2 is 1.72 bits per heavy atom. The molecule has 0 aliphatic carbocycles. The van der Waals surface area contributed by atoms with Crippen molar-refractivity contribution < 1.29 is 9.59 Å². The topological polar surface area (TPSA) is 70.6 Å². The molecule has 0 radical (unpaired) electrons.